The molecule has 172 valence electrons. The first-order valence-corrected chi connectivity index (χ1v) is 12.5. The van der Waals surface area contributed by atoms with Gasteiger partial charge in [-0.1, -0.05) is 38.5 Å². The lowest BCUT2D eigenvalue weighted by Gasteiger charge is -2.36. The number of fused-ring (bicyclic) bond motifs is 1. The van der Waals surface area contributed by atoms with Crippen LogP contribution in [-0.4, -0.2) is 34.8 Å². The van der Waals surface area contributed by atoms with Crippen LogP contribution in [0.15, 0.2) is 30.5 Å². The third-order valence-electron chi connectivity index (χ3n) is 8.66. The van der Waals surface area contributed by atoms with E-state index in [0.717, 1.165) is 29.7 Å². The molecule has 1 aromatic rings. The van der Waals surface area contributed by atoms with Gasteiger partial charge in [0.1, 0.15) is 6.04 Å². The van der Waals surface area contributed by atoms with Crippen molar-refractivity contribution in [3.8, 4) is 0 Å². The first-order valence-electron chi connectivity index (χ1n) is 12.5. The summed E-state index contributed by atoms with van der Waals surface area (Å²) in [6.45, 7) is 9.16. The van der Waals surface area contributed by atoms with E-state index in [2.05, 4.69) is 43.2 Å². The van der Waals surface area contributed by atoms with E-state index in [1.807, 2.05) is 6.07 Å². The lowest BCUT2D eigenvalue weighted by atomic mass is 9.79. The number of carbonyl (C=O) groups excluding carboxylic acids is 2. The smallest absolute Gasteiger partial charge is 0.255 e. The van der Waals surface area contributed by atoms with Crippen LogP contribution in [-0.2, 0) is 17.8 Å². The van der Waals surface area contributed by atoms with Gasteiger partial charge in [0.2, 0.25) is 5.91 Å². The average Bonchev–Trinajstić information content (AvgIpc) is 3.44. The second kappa shape index (κ2) is 8.33. The van der Waals surface area contributed by atoms with E-state index < -0.39 is 0 Å². The Labute approximate surface area is 192 Å². The summed E-state index contributed by atoms with van der Waals surface area (Å²) >= 11 is 0. The second-order valence-corrected chi connectivity index (χ2v) is 11.0. The fourth-order valence-corrected chi connectivity index (χ4v) is 5.96. The van der Waals surface area contributed by atoms with E-state index in [1.54, 1.807) is 4.90 Å². The van der Waals surface area contributed by atoms with Crippen molar-refractivity contribution in [2.24, 2.45) is 11.3 Å². The molecule has 4 aliphatic rings. The van der Waals surface area contributed by atoms with Gasteiger partial charge >= 0.3 is 0 Å². The average molecular weight is 436 g/mol. The number of allylic oxidation sites excluding steroid dienone is 1. The molecule has 3 fully saturated rings. The van der Waals surface area contributed by atoms with Gasteiger partial charge in [-0.15, -0.1) is 0 Å². The Morgan fingerprint density at radius 1 is 1.22 bits per heavy atom. The third kappa shape index (κ3) is 4.12. The highest BCUT2D eigenvalue weighted by Crippen LogP contribution is 2.48. The van der Waals surface area contributed by atoms with Crippen LogP contribution >= 0.6 is 0 Å². The first-order chi connectivity index (χ1) is 15.3. The maximum atomic E-state index is 13.0. The molecule has 1 saturated heterocycles. The zero-order valence-corrected chi connectivity index (χ0v) is 19.6. The Morgan fingerprint density at radius 3 is 2.75 bits per heavy atom. The molecule has 4 atom stereocenters. The van der Waals surface area contributed by atoms with Crippen molar-refractivity contribution >= 4 is 11.8 Å². The van der Waals surface area contributed by atoms with Crippen molar-refractivity contribution in [3.05, 3.63) is 47.2 Å². The molecule has 0 aromatic heterocycles. The number of carbonyl (C=O) groups is 2. The Morgan fingerprint density at radius 2 is 2.00 bits per heavy atom. The van der Waals surface area contributed by atoms with E-state index in [9.17, 15) is 9.59 Å². The standard InChI is InChI=1S/C27H37N3O2/c1-17-8-11-24(25(31)28-17)30-16-21-15-19(9-10-22(21)26(30)32)14-20-6-4-5-7-23(20)29-18(2)27(3)12-13-27/h9-10,15,18,20,23-24,29H,1,4-8,11-14,16H2,2-3H3,(H,28,31)/t18-,20+,23-,24?/m0/s1. The Kier molecular flexibility index (Phi) is 5.65. The van der Waals surface area contributed by atoms with Gasteiger partial charge in [0.05, 0.1) is 0 Å². The predicted octanol–water partition coefficient (Wildman–Crippen LogP) is 4.31. The number of amides is 2. The molecule has 1 aromatic carbocycles. The molecular formula is C27H37N3O2. The number of rotatable bonds is 6. The van der Waals surface area contributed by atoms with Gasteiger partial charge in [-0.25, -0.2) is 0 Å². The highest BCUT2D eigenvalue weighted by molar-refractivity contribution is 6.01. The van der Waals surface area contributed by atoms with Crippen molar-refractivity contribution in [3.63, 3.8) is 0 Å². The predicted molar refractivity (Wildman–Crippen MR) is 126 cm³/mol. The maximum absolute atomic E-state index is 13.0. The van der Waals surface area contributed by atoms with Gasteiger partial charge in [-0.2, -0.15) is 0 Å². The molecule has 2 heterocycles. The number of nitrogens with zero attached hydrogens (tertiary/aromatic N) is 1. The fourth-order valence-electron chi connectivity index (χ4n) is 5.96. The maximum Gasteiger partial charge on any atom is 0.255 e. The summed E-state index contributed by atoms with van der Waals surface area (Å²) in [5, 5.41) is 6.82. The second-order valence-electron chi connectivity index (χ2n) is 11.0. The van der Waals surface area contributed by atoms with E-state index in [1.165, 1.54) is 44.1 Å². The zero-order chi connectivity index (χ0) is 22.5. The molecule has 0 radical (unpaired) electrons. The molecule has 0 bridgehead atoms. The minimum Gasteiger partial charge on any atom is -0.329 e. The number of hydrogen-bond donors (Lipinski definition) is 2. The van der Waals surface area contributed by atoms with Crippen LogP contribution in [0.2, 0.25) is 0 Å². The van der Waals surface area contributed by atoms with Gasteiger partial charge in [0.25, 0.3) is 5.91 Å². The number of nitrogens with one attached hydrogen (secondary N) is 2. The fraction of sp³-hybridized carbons (Fsp3) is 0.630. The van der Waals surface area contributed by atoms with E-state index in [0.29, 0.717) is 36.4 Å². The summed E-state index contributed by atoms with van der Waals surface area (Å²) in [5.41, 5.74) is 4.41. The lowest BCUT2D eigenvalue weighted by molar-refractivity contribution is -0.126. The van der Waals surface area contributed by atoms with Gasteiger partial charge in [0.15, 0.2) is 0 Å². The number of piperidine rings is 1. The summed E-state index contributed by atoms with van der Waals surface area (Å²) in [4.78, 5) is 27.2. The van der Waals surface area contributed by atoms with Gasteiger partial charge in [0, 0.05) is 29.9 Å². The topological polar surface area (TPSA) is 61.4 Å². The minimum absolute atomic E-state index is 0.0112. The molecule has 2 saturated carbocycles. The summed E-state index contributed by atoms with van der Waals surface area (Å²) < 4.78 is 0. The van der Waals surface area contributed by atoms with E-state index in [4.69, 9.17) is 0 Å². The largest absolute Gasteiger partial charge is 0.329 e. The van der Waals surface area contributed by atoms with Crippen LogP contribution < -0.4 is 10.6 Å². The molecule has 2 N–H and O–H groups in total. The summed E-state index contributed by atoms with van der Waals surface area (Å²) in [5.74, 6) is 0.537. The normalized spacial score (nSPS) is 30.1. The number of benzene rings is 1. The zero-order valence-electron chi connectivity index (χ0n) is 19.6. The minimum atomic E-state index is -0.388. The quantitative estimate of drug-likeness (QED) is 0.700. The molecule has 32 heavy (non-hydrogen) atoms. The van der Waals surface area contributed by atoms with Crippen molar-refractivity contribution in [1.82, 2.24) is 15.5 Å². The molecule has 2 aliphatic heterocycles. The molecule has 5 rings (SSSR count). The van der Waals surface area contributed by atoms with Crippen LogP contribution in [0.4, 0.5) is 0 Å². The highest BCUT2D eigenvalue weighted by Gasteiger charge is 2.44. The first kappa shape index (κ1) is 21.7. The molecule has 1 unspecified atom stereocenters. The highest BCUT2D eigenvalue weighted by atomic mass is 16.2. The van der Waals surface area contributed by atoms with E-state index in [-0.39, 0.29) is 17.9 Å². The Balaban J connectivity index is 1.27. The van der Waals surface area contributed by atoms with Crippen LogP contribution in [0.3, 0.4) is 0 Å². The van der Waals surface area contributed by atoms with E-state index >= 15 is 0 Å². The van der Waals surface area contributed by atoms with Crippen molar-refractivity contribution < 1.29 is 9.59 Å². The Bertz CT molecular complexity index is 935. The van der Waals surface area contributed by atoms with Gasteiger partial charge in [-0.05, 0) is 80.4 Å². The van der Waals surface area contributed by atoms with Crippen LogP contribution in [0.5, 0.6) is 0 Å². The van der Waals surface area contributed by atoms with Crippen molar-refractivity contribution in [2.45, 2.75) is 96.3 Å². The third-order valence-corrected chi connectivity index (χ3v) is 8.66. The summed E-state index contributed by atoms with van der Waals surface area (Å²) in [6, 6.07) is 7.13. The van der Waals surface area contributed by atoms with Crippen molar-refractivity contribution in [1.29, 1.82) is 0 Å². The van der Waals surface area contributed by atoms with Crippen LogP contribution in [0.25, 0.3) is 0 Å². The Hall–Kier alpha value is -2.14. The molecular weight excluding hydrogens is 398 g/mol. The molecule has 5 nitrogen and oxygen atoms in total. The number of hydrogen-bond acceptors (Lipinski definition) is 3. The van der Waals surface area contributed by atoms with Crippen molar-refractivity contribution in [2.75, 3.05) is 0 Å². The molecule has 5 heteroatoms. The molecule has 2 aliphatic carbocycles. The lowest BCUT2D eigenvalue weighted by Crippen LogP contribution is -2.49. The summed E-state index contributed by atoms with van der Waals surface area (Å²) in [6.07, 6.45) is 10.3. The SMILES string of the molecule is C=C1CCC(N2Cc3cc(C[C@H]4CCCC[C@@H]4N[C@@H](C)C4(C)CC4)ccc3C2=O)C(=O)N1. The van der Waals surface area contributed by atoms with Crippen LogP contribution in [0, 0.1) is 11.3 Å². The molecule has 0 spiro atoms. The summed E-state index contributed by atoms with van der Waals surface area (Å²) in [7, 11) is 0. The van der Waals surface area contributed by atoms with Crippen LogP contribution in [0.1, 0.15) is 86.7 Å². The monoisotopic (exact) mass is 435 g/mol. The van der Waals surface area contributed by atoms with Gasteiger partial charge < -0.3 is 15.5 Å². The molecule has 2 amide bonds. The van der Waals surface area contributed by atoms with Gasteiger partial charge in [-0.3, -0.25) is 9.59 Å².